The van der Waals surface area contributed by atoms with Gasteiger partial charge in [-0.15, -0.1) is 11.3 Å². The minimum atomic E-state index is 0.225. The maximum absolute atomic E-state index is 12.4. The summed E-state index contributed by atoms with van der Waals surface area (Å²) in [6, 6.07) is 12.5. The van der Waals surface area contributed by atoms with E-state index >= 15 is 0 Å². The molecular weight excluding hydrogens is 316 g/mol. The summed E-state index contributed by atoms with van der Waals surface area (Å²) in [6.07, 6.45) is 3.66. The molecule has 122 valence electrons. The molecule has 3 heterocycles. The lowest BCUT2D eigenvalue weighted by molar-refractivity contribution is -0.130. The fraction of sp³-hybridized carbons (Fsp3) is 0.250. The minimum Gasteiger partial charge on any atom is -0.358 e. The number of nitrogens with zero attached hydrogens (tertiary/aromatic N) is 1. The Morgan fingerprint density at radius 1 is 1.25 bits per heavy atom. The second-order valence-electron chi connectivity index (χ2n) is 6.25. The van der Waals surface area contributed by atoms with Crippen LogP contribution < -0.4 is 0 Å². The van der Waals surface area contributed by atoms with Crippen molar-refractivity contribution in [1.29, 1.82) is 0 Å². The number of carbonyl (C=O) groups excluding carboxylic acids is 1. The van der Waals surface area contributed by atoms with Gasteiger partial charge in [0.25, 0.3) is 0 Å². The smallest absolute Gasteiger partial charge is 0.228 e. The van der Waals surface area contributed by atoms with Gasteiger partial charge in [0, 0.05) is 40.1 Å². The third-order valence-electron chi connectivity index (χ3n) is 4.68. The first-order valence-corrected chi connectivity index (χ1v) is 9.17. The van der Waals surface area contributed by atoms with E-state index in [1.807, 2.05) is 22.4 Å². The van der Waals surface area contributed by atoms with E-state index in [1.165, 1.54) is 27.7 Å². The van der Waals surface area contributed by atoms with Gasteiger partial charge in [-0.05, 0) is 36.4 Å². The molecule has 1 amide bonds. The summed E-state index contributed by atoms with van der Waals surface area (Å²) in [4.78, 5) is 19.0. The topological polar surface area (TPSA) is 36.1 Å². The van der Waals surface area contributed by atoms with E-state index in [0.717, 1.165) is 17.8 Å². The zero-order chi connectivity index (χ0) is 16.5. The summed E-state index contributed by atoms with van der Waals surface area (Å²) in [5.74, 6) is 0.225. The van der Waals surface area contributed by atoms with Crippen LogP contribution >= 0.6 is 11.3 Å². The molecule has 0 bridgehead atoms. The fourth-order valence-corrected chi connectivity index (χ4v) is 4.18. The van der Waals surface area contributed by atoms with Crippen LogP contribution in [0.2, 0.25) is 0 Å². The molecule has 2 aromatic heterocycles. The van der Waals surface area contributed by atoms with Crippen molar-refractivity contribution in [3.05, 3.63) is 64.0 Å². The molecular formula is C20H20N2OS. The van der Waals surface area contributed by atoms with Crippen molar-refractivity contribution in [2.24, 2.45) is 0 Å². The van der Waals surface area contributed by atoms with Crippen molar-refractivity contribution in [3.8, 4) is 0 Å². The Morgan fingerprint density at radius 3 is 2.88 bits per heavy atom. The number of thiophene rings is 1. The molecule has 0 atom stereocenters. The molecule has 0 aliphatic carbocycles. The molecule has 0 unspecified atom stereocenters. The van der Waals surface area contributed by atoms with E-state index in [0.29, 0.717) is 13.0 Å². The lowest BCUT2D eigenvalue weighted by atomic mass is 9.96. The van der Waals surface area contributed by atoms with Gasteiger partial charge in [0.2, 0.25) is 5.91 Å². The van der Waals surface area contributed by atoms with Crippen molar-refractivity contribution < 1.29 is 4.79 Å². The third kappa shape index (κ3) is 2.78. The highest BCUT2D eigenvalue weighted by molar-refractivity contribution is 7.10. The molecule has 1 aromatic carbocycles. The third-order valence-corrected chi connectivity index (χ3v) is 5.56. The van der Waals surface area contributed by atoms with Gasteiger partial charge in [0.15, 0.2) is 0 Å². The number of aryl methyl sites for hydroxylation is 1. The van der Waals surface area contributed by atoms with Crippen molar-refractivity contribution >= 4 is 33.7 Å². The summed E-state index contributed by atoms with van der Waals surface area (Å²) < 4.78 is 0. The van der Waals surface area contributed by atoms with Crippen LogP contribution in [0.4, 0.5) is 0 Å². The van der Waals surface area contributed by atoms with Gasteiger partial charge in [-0.2, -0.15) is 0 Å². The van der Waals surface area contributed by atoms with E-state index in [1.54, 1.807) is 11.3 Å². The molecule has 1 N–H and O–H groups in total. The summed E-state index contributed by atoms with van der Waals surface area (Å²) in [5.41, 5.74) is 5.06. The van der Waals surface area contributed by atoms with Crippen LogP contribution in [0.1, 0.15) is 22.6 Å². The van der Waals surface area contributed by atoms with Crippen LogP contribution in [0.25, 0.3) is 16.5 Å². The summed E-state index contributed by atoms with van der Waals surface area (Å²) in [6.45, 7) is 3.64. The molecule has 24 heavy (non-hydrogen) atoms. The molecule has 4 heteroatoms. The average Bonchev–Trinajstić information content (AvgIpc) is 3.21. The van der Waals surface area contributed by atoms with Gasteiger partial charge in [0.05, 0.1) is 6.42 Å². The zero-order valence-corrected chi connectivity index (χ0v) is 14.5. The standard InChI is InChI=1S/C20H20N2OS/c1-14-20(17-6-2-3-7-18(17)21-14)15-8-10-22(11-9-15)19(23)13-16-5-4-12-24-16/h2-8,12,21H,9-11,13H2,1H3. The van der Waals surface area contributed by atoms with Crippen LogP contribution in [0.5, 0.6) is 0 Å². The number of benzene rings is 1. The maximum Gasteiger partial charge on any atom is 0.228 e. The number of para-hydroxylation sites is 1. The highest BCUT2D eigenvalue weighted by Gasteiger charge is 2.21. The van der Waals surface area contributed by atoms with E-state index < -0.39 is 0 Å². The quantitative estimate of drug-likeness (QED) is 0.756. The minimum absolute atomic E-state index is 0.225. The lowest BCUT2D eigenvalue weighted by Gasteiger charge is -2.26. The van der Waals surface area contributed by atoms with Gasteiger partial charge < -0.3 is 9.88 Å². The molecule has 3 aromatic rings. The van der Waals surface area contributed by atoms with E-state index in [2.05, 4.69) is 42.2 Å². The Hall–Kier alpha value is -2.33. The Morgan fingerprint density at radius 2 is 2.12 bits per heavy atom. The Bertz CT molecular complexity index is 905. The van der Waals surface area contributed by atoms with Crippen LogP contribution in [0.3, 0.4) is 0 Å². The summed E-state index contributed by atoms with van der Waals surface area (Å²) in [7, 11) is 0. The van der Waals surface area contributed by atoms with E-state index in [4.69, 9.17) is 0 Å². The highest BCUT2D eigenvalue weighted by atomic mass is 32.1. The highest BCUT2D eigenvalue weighted by Crippen LogP contribution is 2.32. The molecule has 0 fully saturated rings. The largest absolute Gasteiger partial charge is 0.358 e. The number of hydrogen-bond acceptors (Lipinski definition) is 2. The van der Waals surface area contributed by atoms with Gasteiger partial charge in [-0.25, -0.2) is 0 Å². The number of carbonyl (C=O) groups is 1. The normalized spacial score (nSPS) is 14.9. The monoisotopic (exact) mass is 336 g/mol. The molecule has 0 spiro atoms. The SMILES string of the molecule is Cc1[nH]c2ccccc2c1C1=CCN(C(=O)Cc2cccs2)CC1. The van der Waals surface area contributed by atoms with Gasteiger partial charge >= 0.3 is 0 Å². The molecule has 3 nitrogen and oxygen atoms in total. The molecule has 0 saturated carbocycles. The number of hydrogen-bond donors (Lipinski definition) is 1. The molecule has 1 aliphatic rings. The van der Waals surface area contributed by atoms with Crippen LogP contribution in [-0.2, 0) is 11.2 Å². The predicted octanol–water partition coefficient (Wildman–Crippen LogP) is 4.40. The van der Waals surface area contributed by atoms with Gasteiger partial charge in [-0.3, -0.25) is 4.79 Å². The molecule has 0 saturated heterocycles. The van der Waals surface area contributed by atoms with Crippen molar-refractivity contribution in [2.75, 3.05) is 13.1 Å². The van der Waals surface area contributed by atoms with Crippen LogP contribution in [-0.4, -0.2) is 28.9 Å². The van der Waals surface area contributed by atoms with E-state index in [9.17, 15) is 4.79 Å². The summed E-state index contributed by atoms with van der Waals surface area (Å²) in [5, 5.41) is 3.30. The van der Waals surface area contributed by atoms with Gasteiger partial charge in [0.1, 0.15) is 0 Å². The maximum atomic E-state index is 12.4. The number of amides is 1. The van der Waals surface area contributed by atoms with Crippen molar-refractivity contribution in [3.63, 3.8) is 0 Å². The Kier molecular flexibility index (Phi) is 3.98. The number of rotatable bonds is 3. The predicted molar refractivity (Wildman–Crippen MR) is 100 cm³/mol. The zero-order valence-electron chi connectivity index (χ0n) is 13.7. The second kappa shape index (κ2) is 6.29. The Balaban J connectivity index is 1.54. The van der Waals surface area contributed by atoms with Crippen molar-refractivity contribution in [1.82, 2.24) is 9.88 Å². The van der Waals surface area contributed by atoms with Crippen molar-refractivity contribution in [2.45, 2.75) is 19.8 Å². The lowest BCUT2D eigenvalue weighted by Crippen LogP contribution is -2.35. The number of aromatic nitrogens is 1. The number of nitrogens with one attached hydrogen (secondary N) is 1. The Labute approximate surface area is 145 Å². The number of fused-ring (bicyclic) bond motifs is 1. The summed E-state index contributed by atoms with van der Waals surface area (Å²) >= 11 is 1.65. The van der Waals surface area contributed by atoms with E-state index in [-0.39, 0.29) is 5.91 Å². The molecule has 1 aliphatic heterocycles. The first-order valence-electron chi connectivity index (χ1n) is 8.29. The van der Waals surface area contributed by atoms with Crippen LogP contribution in [0.15, 0.2) is 47.9 Å². The first kappa shape index (κ1) is 15.2. The van der Waals surface area contributed by atoms with Crippen LogP contribution in [0, 0.1) is 6.92 Å². The number of aromatic amines is 1. The first-order chi connectivity index (χ1) is 11.7. The number of H-pyrrole nitrogens is 1. The second-order valence-corrected chi connectivity index (χ2v) is 7.28. The fourth-order valence-electron chi connectivity index (χ4n) is 3.49. The van der Waals surface area contributed by atoms with Gasteiger partial charge in [-0.1, -0.05) is 30.3 Å². The molecule has 4 rings (SSSR count). The molecule has 0 radical (unpaired) electrons. The average molecular weight is 336 g/mol.